The number of piperidine rings is 1. The van der Waals surface area contributed by atoms with Crippen molar-refractivity contribution < 1.29 is 9.90 Å². The summed E-state index contributed by atoms with van der Waals surface area (Å²) >= 11 is 0. The zero-order valence-corrected chi connectivity index (χ0v) is 20.8. The van der Waals surface area contributed by atoms with Crippen molar-refractivity contribution in [2.24, 2.45) is 11.8 Å². The Hall–Kier alpha value is -3.09. The Morgan fingerprint density at radius 1 is 1.22 bits per heavy atom. The predicted octanol–water partition coefficient (Wildman–Crippen LogP) is 4.58. The average Bonchev–Trinajstić information content (AvgIpc) is 3.52. The lowest BCUT2D eigenvalue weighted by Gasteiger charge is -2.46. The van der Waals surface area contributed by atoms with Crippen LogP contribution in [0.15, 0.2) is 55.1 Å². The molecule has 7 rings (SSSR count). The van der Waals surface area contributed by atoms with E-state index < -0.39 is 5.41 Å². The van der Waals surface area contributed by atoms with Gasteiger partial charge in [0, 0.05) is 47.5 Å². The number of likely N-dealkylation sites (N-methyl/N-ethyl adjacent to an activating group) is 1. The summed E-state index contributed by atoms with van der Waals surface area (Å²) in [5.41, 5.74) is 5.38. The van der Waals surface area contributed by atoms with Crippen molar-refractivity contribution in [3.63, 3.8) is 0 Å². The number of fused-ring (bicyclic) bond motifs is 7. The minimum absolute atomic E-state index is 0.0964. The van der Waals surface area contributed by atoms with E-state index in [0.29, 0.717) is 17.9 Å². The van der Waals surface area contributed by atoms with Gasteiger partial charge in [-0.15, -0.1) is 6.58 Å². The molecule has 0 aliphatic carbocycles. The topological polar surface area (TPSA) is 71.6 Å². The van der Waals surface area contributed by atoms with Crippen molar-refractivity contribution in [1.82, 2.24) is 14.8 Å². The smallest absolute Gasteiger partial charge is 0.236 e. The number of carbonyl (C=O) groups is 1. The van der Waals surface area contributed by atoms with Gasteiger partial charge < -0.3 is 15.4 Å². The van der Waals surface area contributed by atoms with Crippen molar-refractivity contribution >= 4 is 22.5 Å². The van der Waals surface area contributed by atoms with E-state index in [9.17, 15) is 9.90 Å². The van der Waals surface area contributed by atoms with E-state index in [1.54, 1.807) is 12.1 Å². The molecule has 0 radical (unpaired) electrons. The van der Waals surface area contributed by atoms with E-state index in [1.165, 1.54) is 22.2 Å². The molecule has 5 atom stereocenters. The largest absolute Gasteiger partial charge is 0.508 e. The number of aromatic nitrogens is 1. The standard InChI is InChI=1S/C30H34N4O2/c1-3-18-17-34-13-11-30(23-9-8-20(35)16-25(23)32-29(30)36)27(34)15-19(18)14-26-28-22(10-12-33(26)2)21-6-4-5-7-24(21)31-28/h3-9,16,18-19,26-27,31,35H,1,10-15,17H2,2H3,(H,32,36)/t18-,19-,26-,27-,30+/m0/s1. The van der Waals surface area contributed by atoms with Gasteiger partial charge in [0.25, 0.3) is 0 Å². The second-order valence-corrected chi connectivity index (χ2v) is 11.4. The van der Waals surface area contributed by atoms with E-state index >= 15 is 0 Å². The zero-order chi connectivity index (χ0) is 24.6. The predicted molar refractivity (Wildman–Crippen MR) is 142 cm³/mol. The molecule has 3 N–H and O–H groups in total. The number of hydrogen-bond donors (Lipinski definition) is 3. The molecule has 4 aliphatic rings. The number of rotatable bonds is 3. The quantitative estimate of drug-likeness (QED) is 0.478. The van der Waals surface area contributed by atoms with Crippen molar-refractivity contribution in [2.75, 3.05) is 32.0 Å². The normalized spacial score (nSPS) is 31.9. The van der Waals surface area contributed by atoms with Crippen molar-refractivity contribution in [1.29, 1.82) is 0 Å². The number of nitrogens with zero attached hydrogens (tertiary/aromatic N) is 2. The maximum atomic E-state index is 13.5. The number of hydrogen-bond acceptors (Lipinski definition) is 4. The van der Waals surface area contributed by atoms with Crippen LogP contribution in [0.5, 0.6) is 5.75 Å². The van der Waals surface area contributed by atoms with Crippen LogP contribution < -0.4 is 5.32 Å². The number of anilines is 1. The van der Waals surface area contributed by atoms with Gasteiger partial charge in [0.05, 0.1) is 11.5 Å². The first kappa shape index (κ1) is 22.1. The number of phenols is 1. The van der Waals surface area contributed by atoms with Gasteiger partial charge in [-0.05, 0) is 74.4 Å². The first-order valence-corrected chi connectivity index (χ1v) is 13.3. The fourth-order valence-corrected chi connectivity index (χ4v) is 7.93. The molecule has 0 saturated carbocycles. The van der Waals surface area contributed by atoms with Gasteiger partial charge >= 0.3 is 0 Å². The first-order valence-electron chi connectivity index (χ1n) is 13.3. The summed E-state index contributed by atoms with van der Waals surface area (Å²) in [5.74, 6) is 1.14. The van der Waals surface area contributed by atoms with Crippen LogP contribution in [0, 0.1) is 11.8 Å². The number of amides is 1. The van der Waals surface area contributed by atoms with Gasteiger partial charge in [-0.3, -0.25) is 14.6 Å². The highest BCUT2D eigenvalue weighted by Gasteiger charge is 2.59. The molecule has 3 aromatic rings. The Labute approximate surface area is 212 Å². The van der Waals surface area contributed by atoms with Crippen LogP contribution in [0.4, 0.5) is 5.69 Å². The molecular weight excluding hydrogens is 448 g/mol. The van der Waals surface area contributed by atoms with Crippen molar-refractivity contribution in [3.05, 3.63) is 71.9 Å². The molecule has 186 valence electrons. The second kappa shape index (κ2) is 7.95. The highest BCUT2D eigenvalue weighted by atomic mass is 16.3. The van der Waals surface area contributed by atoms with Gasteiger partial charge in [0.2, 0.25) is 5.91 Å². The average molecular weight is 483 g/mol. The number of H-pyrrole nitrogens is 1. The van der Waals surface area contributed by atoms with Crippen LogP contribution in [0.25, 0.3) is 10.9 Å². The van der Waals surface area contributed by atoms with Gasteiger partial charge in [-0.1, -0.05) is 30.3 Å². The van der Waals surface area contributed by atoms with Crippen molar-refractivity contribution in [3.8, 4) is 5.75 Å². The van der Waals surface area contributed by atoms with E-state index in [0.717, 1.165) is 56.6 Å². The number of nitrogens with one attached hydrogen (secondary N) is 2. The molecule has 2 aromatic carbocycles. The number of phenolic OH excluding ortho intramolecular Hbond substituents is 1. The third-order valence-electron chi connectivity index (χ3n) is 9.77. The minimum Gasteiger partial charge on any atom is -0.508 e. The molecule has 36 heavy (non-hydrogen) atoms. The number of carbonyl (C=O) groups excluding carboxylic acids is 1. The minimum atomic E-state index is -0.530. The summed E-state index contributed by atoms with van der Waals surface area (Å²) in [6.45, 7) is 7.17. The highest BCUT2D eigenvalue weighted by molar-refractivity contribution is 6.07. The third kappa shape index (κ3) is 3.01. The lowest BCUT2D eigenvalue weighted by Crippen LogP contribution is -2.53. The molecule has 0 unspecified atom stereocenters. The lowest BCUT2D eigenvalue weighted by atomic mass is 9.68. The molecule has 2 fully saturated rings. The number of aromatic amines is 1. The highest BCUT2D eigenvalue weighted by Crippen LogP contribution is 2.54. The summed E-state index contributed by atoms with van der Waals surface area (Å²) < 4.78 is 0. The molecule has 6 nitrogen and oxygen atoms in total. The molecule has 4 aliphatic heterocycles. The number of benzene rings is 2. The van der Waals surface area contributed by atoms with E-state index in [1.807, 2.05) is 6.07 Å². The molecule has 1 amide bonds. The molecule has 2 saturated heterocycles. The molecule has 1 aromatic heterocycles. The van der Waals surface area contributed by atoms with E-state index in [2.05, 4.69) is 64.1 Å². The lowest BCUT2D eigenvalue weighted by molar-refractivity contribution is -0.122. The molecule has 5 heterocycles. The van der Waals surface area contributed by atoms with Crippen LogP contribution in [0.1, 0.15) is 42.1 Å². The summed E-state index contributed by atoms with van der Waals surface area (Å²) in [5, 5.41) is 14.5. The third-order valence-corrected chi connectivity index (χ3v) is 9.77. The Balaban J connectivity index is 1.24. The van der Waals surface area contributed by atoms with Gasteiger partial charge in [0.1, 0.15) is 5.75 Å². The van der Waals surface area contributed by atoms with Crippen LogP contribution >= 0.6 is 0 Å². The molecule has 6 heteroatoms. The zero-order valence-electron chi connectivity index (χ0n) is 20.8. The summed E-state index contributed by atoms with van der Waals surface area (Å²) in [4.78, 5) is 22.3. The van der Waals surface area contributed by atoms with Crippen LogP contribution in [-0.2, 0) is 16.6 Å². The first-order chi connectivity index (χ1) is 17.5. The Morgan fingerprint density at radius 3 is 2.94 bits per heavy atom. The van der Waals surface area contributed by atoms with E-state index in [4.69, 9.17) is 0 Å². The van der Waals surface area contributed by atoms with Crippen LogP contribution in [0.3, 0.4) is 0 Å². The van der Waals surface area contributed by atoms with Crippen molar-refractivity contribution in [2.45, 2.75) is 43.2 Å². The summed E-state index contributed by atoms with van der Waals surface area (Å²) in [7, 11) is 2.25. The molecular formula is C30H34N4O2. The maximum Gasteiger partial charge on any atom is 0.236 e. The Morgan fingerprint density at radius 2 is 2.08 bits per heavy atom. The van der Waals surface area contributed by atoms with Gasteiger partial charge in [-0.25, -0.2) is 0 Å². The summed E-state index contributed by atoms with van der Waals surface area (Å²) in [6.07, 6.45) is 6.09. The second-order valence-electron chi connectivity index (χ2n) is 11.4. The van der Waals surface area contributed by atoms with Gasteiger partial charge in [0.15, 0.2) is 0 Å². The SMILES string of the molecule is C=C[C@H]1CN2CC[C@]3(C(=O)Nc4cc(O)ccc43)[C@@H]2C[C@@H]1C[C@H]1c2[nH]c3ccccc3c2CCN1C. The van der Waals surface area contributed by atoms with Gasteiger partial charge in [-0.2, -0.15) is 0 Å². The fraction of sp³-hybridized carbons (Fsp3) is 0.433. The van der Waals surface area contributed by atoms with E-state index in [-0.39, 0.29) is 17.7 Å². The Kier molecular flexibility index (Phi) is 4.89. The van der Waals surface area contributed by atoms with Crippen LogP contribution in [0.2, 0.25) is 0 Å². The number of aromatic hydroxyl groups is 1. The Bertz CT molecular complexity index is 1380. The van der Waals surface area contributed by atoms with Crippen LogP contribution in [-0.4, -0.2) is 58.5 Å². The molecule has 0 bridgehead atoms. The fourth-order valence-electron chi connectivity index (χ4n) is 7.93. The number of para-hydroxylation sites is 1. The maximum absolute atomic E-state index is 13.5. The summed E-state index contributed by atoms with van der Waals surface area (Å²) in [6, 6.07) is 14.6. The molecule has 1 spiro atoms. The monoisotopic (exact) mass is 482 g/mol.